The molecule has 100 valence electrons. The minimum atomic E-state index is -4.38. The van der Waals surface area contributed by atoms with Crippen molar-refractivity contribution in [1.29, 1.82) is 0 Å². The van der Waals surface area contributed by atoms with E-state index in [1.54, 1.807) is 6.07 Å². The van der Waals surface area contributed by atoms with Crippen molar-refractivity contribution in [2.24, 2.45) is 0 Å². The predicted octanol–water partition coefficient (Wildman–Crippen LogP) is 3.47. The second-order valence-corrected chi connectivity index (χ2v) is 4.55. The minimum absolute atomic E-state index is 0.0932. The van der Waals surface area contributed by atoms with E-state index in [1.807, 2.05) is 0 Å². The molecule has 0 aliphatic heterocycles. The SMILES string of the molecule is FC(F)(F)c1ccccc1-n1ccnc1NC1CC1. The second-order valence-electron chi connectivity index (χ2n) is 4.55. The Labute approximate surface area is 108 Å². The van der Waals surface area contributed by atoms with Gasteiger partial charge in [-0.25, -0.2) is 4.98 Å². The highest BCUT2D eigenvalue weighted by Gasteiger charge is 2.34. The summed E-state index contributed by atoms with van der Waals surface area (Å²) in [6.45, 7) is 0. The van der Waals surface area contributed by atoms with Crippen molar-refractivity contribution in [1.82, 2.24) is 9.55 Å². The zero-order chi connectivity index (χ0) is 13.5. The molecule has 1 aromatic carbocycles. The quantitative estimate of drug-likeness (QED) is 0.922. The minimum Gasteiger partial charge on any atom is -0.353 e. The van der Waals surface area contributed by atoms with Gasteiger partial charge in [-0.05, 0) is 25.0 Å². The normalized spacial score (nSPS) is 15.5. The third-order valence-corrected chi connectivity index (χ3v) is 3.02. The van der Waals surface area contributed by atoms with Crippen LogP contribution in [0.25, 0.3) is 5.69 Å². The first-order valence-electron chi connectivity index (χ1n) is 6.02. The molecule has 0 amide bonds. The lowest BCUT2D eigenvalue weighted by atomic mass is 10.1. The molecule has 19 heavy (non-hydrogen) atoms. The lowest BCUT2D eigenvalue weighted by Gasteiger charge is -2.15. The third kappa shape index (κ3) is 2.43. The number of alkyl halides is 3. The summed E-state index contributed by atoms with van der Waals surface area (Å²) in [5.41, 5.74) is -0.567. The highest BCUT2D eigenvalue weighted by Crippen LogP contribution is 2.35. The molecule has 1 aliphatic carbocycles. The Morgan fingerprint density at radius 3 is 2.63 bits per heavy atom. The molecule has 1 heterocycles. The monoisotopic (exact) mass is 267 g/mol. The average molecular weight is 267 g/mol. The Hall–Kier alpha value is -1.98. The van der Waals surface area contributed by atoms with Gasteiger partial charge in [-0.15, -0.1) is 0 Å². The highest BCUT2D eigenvalue weighted by molar-refractivity contribution is 5.49. The molecular weight excluding hydrogens is 255 g/mol. The Bertz CT molecular complexity index is 585. The first-order valence-corrected chi connectivity index (χ1v) is 6.02. The zero-order valence-corrected chi connectivity index (χ0v) is 9.98. The smallest absolute Gasteiger partial charge is 0.353 e. The van der Waals surface area contributed by atoms with Crippen molar-refractivity contribution in [3.05, 3.63) is 42.2 Å². The maximum absolute atomic E-state index is 13.0. The number of para-hydroxylation sites is 1. The summed E-state index contributed by atoms with van der Waals surface area (Å²) in [6, 6.07) is 5.83. The maximum atomic E-state index is 13.0. The largest absolute Gasteiger partial charge is 0.418 e. The van der Waals surface area contributed by atoms with Gasteiger partial charge in [0.05, 0.1) is 11.3 Å². The van der Waals surface area contributed by atoms with Crippen LogP contribution in [0.15, 0.2) is 36.7 Å². The number of nitrogens with zero attached hydrogens (tertiary/aromatic N) is 2. The van der Waals surface area contributed by atoms with E-state index in [0.717, 1.165) is 18.9 Å². The Morgan fingerprint density at radius 1 is 1.21 bits per heavy atom. The second kappa shape index (κ2) is 4.29. The van der Waals surface area contributed by atoms with Gasteiger partial charge in [-0.1, -0.05) is 12.1 Å². The topological polar surface area (TPSA) is 29.9 Å². The van der Waals surface area contributed by atoms with E-state index in [2.05, 4.69) is 10.3 Å². The fraction of sp³-hybridized carbons (Fsp3) is 0.308. The lowest BCUT2D eigenvalue weighted by Crippen LogP contribution is -2.13. The summed E-state index contributed by atoms with van der Waals surface area (Å²) in [5.74, 6) is 0.458. The molecule has 0 atom stereocenters. The Morgan fingerprint density at radius 2 is 1.95 bits per heavy atom. The number of imidazole rings is 1. The van der Waals surface area contributed by atoms with Crippen LogP contribution in [0.3, 0.4) is 0 Å². The van der Waals surface area contributed by atoms with Crippen LogP contribution < -0.4 is 5.32 Å². The van der Waals surface area contributed by atoms with Crippen LogP contribution in [0.4, 0.5) is 19.1 Å². The fourth-order valence-electron chi connectivity index (χ4n) is 1.94. The van der Waals surface area contributed by atoms with Gasteiger partial charge >= 0.3 is 6.18 Å². The van der Waals surface area contributed by atoms with Gasteiger partial charge in [0.1, 0.15) is 0 Å². The first-order chi connectivity index (χ1) is 9.05. The maximum Gasteiger partial charge on any atom is 0.418 e. The zero-order valence-electron chi connectivity index (χ0n) is 9.98. The van der Waals surface area contributed by atoms with E-state index < -0.39 is 11.7 Å². The van der Waals surface area contributed by atoms with E-state index in [1.165, 1.54) is 29.1 Å². The van der Waals surface area contributed by atoms with Crippen LogP contribution in [-0.4, -0.2) is 15.6 Å². The van der Waals surface area contributed by atoms with E-state index >= 15 is 0 Å². The highest BCUT2D eigenvalue weighted by atomic mass is 19.4. The van der Waals surface area contributed by atoms with Crippen LogP contribution in [0.1, 0.15) is 18.4 Å². The molecule has 1 fully saturated rings. The molecule has 3 nitrogen and oxygen atoms in total. The molecule has 0 bridgehead atoms. The number of hydrogen-bond acceptors (Lipinski definition) is 2. The number of aromatic nitrogens is 2. The molecule has 0 spiro atoms. The molecule has 3 rings (SSSR count). The fourth-order valence-corrected chi connectivity index (χ4v) is 1.94. The molecule has 0 unspecified atom stereocenters. The predicted molar refractivity (Wildman–Crippen MR) is 65.2 cm³/mol. The lowest BCUT2D eigenvalue weighted by molar-refractivity contribution is -0.137. The summed E-state index contributed by atoms with van der Waals surface area (Å²) < 4.78 is 40.4. The van der Waals surface area contributed by atoms with Crippen LogP contribution in [0.2, 0.25) is 0 Å². The number of hydrogen-bond donors (Lipinski definition) is 1. The van der Waals surface area contributed by atoms with Gasteiger partial charge in [-0.2, -0.15) is 13.2 Å². The summed E-state index contributed by atoms with van der Waals surface area (Å²) in [6.07, 6.45) is 0.729. The van der Waals surface area contributed by atoms with Crippen LogP contribution in [0, 0.1) is 0 Å². The summed E-state index contributed by atoms with van der Waals surface area (Å²) >= 11 is 0. The van der Waals surface area contributed by atoms with Crippen molar-refractivity contribution < 1.29 is 13.2 Å². The number of nitrogens with one attached hydrogen (secondary N) is 1. The standard InChI is InChI=1S/C13H12F3N3/c14-13(15,16)10-3-1-2-4-11(10)19-8-7-17-12(19)18-9-5-6-9/h1-4,7-9H,5-6H2,(H,17,18). The summed E-state index contributed by atoms with van der Waals surface area (Å²) in [4.78, 5) is 4.08. The van der Waals surface area contributed by atoms with Crippen LogP contribution in [0.5, 0.6) is 0 Å². The number of rotatable bonds is 3. The number of halogens is 3. The van der Waals surface area contributed by atoms with Crippen molar-refractivity contribution in [3.63, 3.8) is 0 Å². The molecular formula is C13H12F3N3. The van der Waals surface area contributed by atoms with Crippen molar-refractivity contribution >= 4 is 5.95 Å². The molecule has 1 N–H and O–H groups in total. The van der Waals surface area contributed by atoms with Gasteiger partial charge < -0.3 is 5.32 Å². The summed E-state index contributed by atoms with van der Waals surface area (Å²) in [7, 11) is 0. The molecule has 1 aromatic heterocycles. The number of benzene rings is 1. The van der Waals surface area contributed by atoms with Gasteiger partial charge in [0.2, 0.25) is 5.95 Å². The van der Waals surface area contributed by atoms with Crippen LogP contribution in [-0.2, 0) is 6.18 Å². The van der Waals surface area contributed by atoms with E-state index in [9.17, 15) is 13.2 Å². The van der Waals surface area contributed by atoms with Crippen LogP contribution >= 0.6 is 0 Å². The third-order valence-electron chi connectivity index (χ3n) is 3.02. The molecule has 1 saturated carbocycles. The number of anilines is 1. The van der Waals surface area contributed by atoms with Crippen molar-refractivity contribution in [2.75, 3.05) is 5.32 Å². The molecule has 6 heteroatoms. The van der Waals surface area contributed by atoms with Gasteiger partial charge in [0, 0.05) is 18.4 Å². The molecule has 0 radical (unpaired) electrons. The van der Waals surface area contributed by atoms with Gasteiger partial charge in [-0.3, -0.25) is 4.57 Å². The van der Waals surface area contributed by atoms with Gasteiger partial charge in [0.15, 0.2) is 0 Å². The Kier molecular flexibility index (Phi) is 2.73. The Balaban J connectivity index is 2.04. The summed E-state index contributed by atoms with van der Waals surface area (Å²) in [5, 5.41) is 3.13. The average Bonchev–Trinajstić information content (AvgIpc) is 3.05. The molecule has 0 saturated heterocycles. The molecule has 1 aliphatic rings. The van der Waals surface area contributed by atoms with Crippen molar-refractivity contribution in [2.45, 2.75) is 25.1 Å². The van der Waals surface area contributed by atoms with E-state index in [4.69, 9.17) is 0 Å². The van der Waals surface area contributed by atoms with Crippen molar-refractivity contribution in [3.8, 4) is 5.69 Å². The van der Waals surface area contributed by atoms with E-state index in [0.29, 0.717) is 12.0 Å². The molecule has 2 aromatic rings. The van der Waals surface area contributed by atoms with Gasteiger partial charge in [0.25, 0.3) is 0 Å². The van der Waals surface area contributed by atoms with E-state index in [-0.39, 0.29) is 5.69 Å². The first kappa shape index (κ1) is 12.1.